The quantitative estimate of drug-likeness (QED) is 0.815. The number of halogens is 2. The fourth-order valence-corrected chi connectivity index (χ4v) is 5.20. The first-order chi connectivity index (χ1) is 8.41. The molecule has 3 rings (SSSR count). The standard InChI is InChI=1S/C13H19F2NO2/c14-12-4-1-2-8-11(7-16,6-10(17)18)9(3-5-12)13(8,12)15/h8-9H,1-7,16H2,(H,17,18). The number of alkyl halides is 2. The molecule has 0 heterocycles. The fourth-order valence-electron chi connectivity index (χ4n) is 5.20. The molecule has 5 unspecified atom stereocenters. The second-order valence-corrected chi connectivity index (χ2v) is 6.28. The van der Waals surface area contributed by atoms with Gasteiger partial charge in [-0.05, 0) is 38.6 Å². The molecule has 3 aliphatic carbocycles. The number of carboxylic acid groups (broad SMARTS) is 1. The van der Waals surface area contributed by atoms with Gasteiger partial charge in [0.1, 0.15) is 5.67 Å². The van der Waals surface area contributed by atoms with Gasteiger partial charge in [0.2, 0.25) is 0 Å². The monoisotopic (exact) mass is 259 g/mol. The van der Waals surface area contributed by atoms with E-state index in [1.807, 2.05) is 0 Å². The van der Waals surface area contributed by atoms with Crippen LogP contribution in [-0.4, -0.2) is 29.0 Å². The minimum atomic E-state index is -1.81. The zero-order chi connectivity index (χ0) is 13.2. The van der Waals surface area contributed by atoms with E-state index in [1.54, 1.807) is 0 Å². The molecule has 102 valence electrons. The van der Waals surface area contributed by atoms with Gasteiger partial charge in [-0.2, -0.15) is 0 Å². The van der Waals surface area contributed by atoms with Gasteiger partial charge in [-0.25, -0.2) is 8.78 Å². The van der Waals surface area contributed by atoms with Gasteiger partial charge in [-0.1, -0.05) is 0 Å². The topological polar surface area (TPSA) is 63.3 Å². The maximum absolute atomic E-state index is 15.1. The van der Waals surface area contributed by atoms with Crippen molar-refractivity contribution in [3.63, 3.8) is 0 Å². The van der Waals surface area contributed by atoms with Crippen LogP contribution in [0.15, 0.2) is 0 Å². The normalized spacial score (nSPS) is 53.7. The van der Waals surface area contributed by atoms with Crippen molar-refractivity contribution in [1.29, 1.82) is 0 Å². The zero-order valence-electron chi connectivity index (χ0n) is 10.3. The summed E-state index contributed by atoms with van der Waals surface area (Å²) < 4.78 is 29.8. The van der Waals surface area contributed by atoms with Crippen molar-refractivity contribution >= 4 is 5.97 Å². The second kappa shape index (κ2) is 3.44. The van der Waals surface area contributed by atoms with E-state index in [2.05, 4.69) is 0 Å². The summed E-state index contributed by atoms with van der Waals surface area (Å²) in [5, 5.41) is 9.04. The minimum absolute atomic E-state index is 0.124. The smallest absolute Gasteiger partial charge is 0.303 e. The molecular weight excluding hydrogens is 240 g/mol. The number of carboxylic acids is 1. The fraction of sp³-hybridized carbons (Fsp3) is 0.923. The second-order valence-electron chi connectivity index (χ2n) is 6.28. The Kier molecular flexibility index (Phi) is 2.35. The number of nitrogens with two attached hydrogens (primary N) is 1. The molecule has 3 N–H and O–H groups in total. The largest absolute Gasteiger partial charge is 0.481 e. The van der Waals surface area contributed by atoms with Crippen molar-refractivity contribution in [2.45, 2.75) is 49.9 Å². The molecule has 5 heteroatoms. The van der Waals surface area contributed by atoms with Crippen molar-refractivity contribution in [3.8, 4) is 0 Å². The molecule has 3 fully saturated rings. The lowest BCUT2D eigenvalue weighted by Crippen LogP contribution is -2.74. The van der Waals surface area contributed by atoms with E-state index in [0.29, 0.717) is 19.3 Å². The van der Waals surface area contributed by atoms with Crippen LogP contribution in [0.4, 0.5) is 8.78 Å². The Morgan fingerprint density at radius 2 is 1.94 bits per heavy atom. The molecule has 0 aromatic rings. The van der Waals surface area contributed by atoms with Gasteiger partial charge in [0.15, 0.2) is 5.67 Å². The Labute approximate surface area is 105 Å². The van der Waals surface area contributed by atoms with E-state index in [-0.39, 0.29) is 25.8 Å². The third-order valence-corrected chi connectivity index (χ3v) is 5.84. The first-order valence-corrected chi connectivity index (χ1v) is 6.70. The molecule has 0 aromatic carbocycles. The van der Waals surface area contributed by atoms with E-state index in [9.17, 15) is 9.18 Å². The molecular formula is C13H19F2NO2. The first-order valence-electron chi connectivity index (χ1n) is 6.70. The summed E-state index contributed by atoms with van der Waals surface area (Å²) in [5.74, 6) is -1.96. The average molecular weight is 259 g/mol. The molecule has 0 aromatic heterocycles. The van der Waals surface area contributed by atoms with Gasteiger partial charge >= 0.3 is 5.97 Å². The van der Waals surface area contributed by atoms with Crippen LogP contribution in [0.3, 0.4) is 0 Å². The number of aliphatic carboxylic acids is 1. The van der Waals surface area contributed by atoms with Gasteiger partial charge in [-0.15, -0.1) is 0 Å². The predicted octanol–water partition coefficient (Wildman–Crippen LogP) is 2.05. The lowest BCUT2D eigenvalue weighted by Gasteiger charge is -2.66. The maximum Gasteiger partial charge on any atom is 0.303 e. The van der Waals surface area contributed by atoms with Crippen molar-refractivity contribution in [2.75, 3.05) is 6.54 Å². The highest BCUT2D eigenvalue weighted by molar-refractivity contribution is 5.68. The van der Waals surface area contributed by atoms with Crippen molar-refractivity contribution < 1.29 is 18.7 Å². The average Bonchev–Trinajstić information content (AvgIpc) is 2.59. The van der Waals surface area contributed by atoms with E-state index < -0.39 is 34.6 Å². The van der Waals surface area contributed by atoms with Crippen molar-refractivity contribution in [3.05, 3.63) is 0 Å². The maximum atomic E-state index is 15.1. The van der Waals surface area contributed by atoms with Gasteiger partial charge in [0.05, 0.1) is 6.42 Å². The molecule has 5 atom stereocenters. The molecule has 0 spiro atoms. The summed E-state index contributed by atoms with van der Waals surface area (Å²) in [7, 11) is 0. The Balaban J connectivity index is 2.00. The number of carbonyl (C=O) groups is 1. The summed E-state index contributed by atoms with van der Waals surface area (Å²) in [6, 6.07) is 0. The SMILES string of the molecule is NCC1(CC(=O)O)C2CCCC3(F)CCC1C23F. The number of rotatable bonds is 3. The molecule has 3 aliphatic rings. The molecule has 3 saturated carbocycles. The van der Waals surface area contributed by atoms with E-state index in [0.717, 1.165) is 0 Å². The third kappa shape index (κ3) is 1.10. The summed E-state index contributed by atoms with van der Waals surface area (Å²) in [6.45, 7) is 0.149. The van der Waals surface area contributed by atoms with E-state index in [1.165, 1.54) is 0 Å². The van der Waals surface area contributed by atoms with E-state index >= 15 is 4.39 Å². The Bertz CT molecular complexity index is 404. The van der Waals surface area contributed by atoms with Crippen LogP contribution in [0.1, 0.15) is 38.5 Å². The minimum Gasteiger partial charge on any atom is -0.481 e. The highest BCUT2D eigenvalue weighted by Crippen LogP contribution is 2.76. The van der Waals surface area contributed by atoms with Crippen LogP contribution >= 0.6 is 0 Å². The summed E-state index contributed by atoms with van der Waals surface area (Å²) in [5.41, 5.74) is 1.51. The Morgan fingerprint density at radius 3 is 2.56 bits per heavy atom. The molecule has 0 radical (unpaired) electrons. The number of hydrogen-bond donors (Lipinski definition) is 2. The Hall–Kier alpha value is -0.710. The summed E-state index contributed by atoms with van der Waals surface area (Å²) >= 11 is 0. The van der Waals surface area contributed by atoms with Gasteiger partial charge < -0.3 is 10.8 Å². The zero-order valence-corrected chi connectivity index (χ0v) is 10.3. The van der Waals surface area contributed by atoms with Crippen LogP contribution in [0.5, 0.6) is 0 Å². The van der Waals surface area contributed by atoms with Crippen molar-refractivity contribution in [2.24, 2.45) is 23.0 Å². The lowest BCUT2D eigenvalue weighted by atomic mass is 9.40. The Morgan fingerprint density at radius 1 is 1.28 bits per heavy atom. The third-order valence-electron chi connectivity index (χ3n) is 5.84. The van der Waals surface area contributed by atoms with Crippen LogP contribution in [0, 0.1) is 17.3 Å². The molecule has 0 saturated heterocycles. The van der Waals surface area contributed by atoms with Gasteiger partial charge in [-0.3, -0.25) is 4.79 Å². The molecule has 0 bridgehead atoms. The molecule has 18 heavy (non-hydrogen) atoms. The highest BCUT2D eigenvalue weighted by Gasteiger charge is 2.82. The van der Waals surface area contributed by atoms with Gasteiger partial charge in [0.25, 0.3) is 0 Å². The van der Waals surface area contributed by atoms with Crippen LogP contribution in [0.2, 0.25) is 0 Å². The van der Waals surface area contributed by atoms with Crippen LogP contribution in [0.25, 0.3) is 0 Å². The van der Waals surface area contributed by atoms with Gasteiger partial charge in [0, 0.05) is 17.3 Å². The first kappa shape index (κ1) is 12.3. The highest BCUT2D eigenvalue weighted by atomic mass is 19.2. The summed E-state index contributed by atoms with van der Waals surface area (Å²) in [4.78, 5) is 11.0. The summed E-state index contributed by atoms with van der Waals surface area (Å²) in [6.07, 6.45) is 2.04. The molecule has 3 nitrogen and oxygen atoms in total. The van der Waals surface area contributed by atoms with Crippen LogP contribution < -0.4 is 5.73 Å². The van der Waals surface area contributed by atoms with Crippen LogP contribution in [-0.2, 0) is 4.79 Å². The molecule has 0 amide bonds. The van der Waals surface area contributed by atoms with E-state index in [4.69, 9.17) is 10.8 Å². The van der Waals surface area contributed by atoms with Crippen molar-refractivity contribution in [1.82, 2.24) is 0 Å². The lowest BCUT2D eigenvalue weighted by molar-refractivity contribution is -0.260. The number of hydrogen-bond acceptors (Lipinski definition) is 2. The molecule has 0 aliphatic heterocycles. The predicted molar refractivity (Wildman–Crippen MR) is 61.5 cm³/mol.